The summed E-state index contributed by atoms with van der Waals surface area (Å²) in [6, 6.07) is 8.75. The largest absolute Gasteiger partial charge is 0.522 e. The Hall–Kier alpha value is -1.97. The van der Waals surface area contributed by atoms with E-state index in [0.29, 0.717) is 5.56 Å². The Labute approximate surface area is 73.0 Å². The van der Waals surface area contributed by atoms with Gasteiger partial charge in [-0.25, -0.2) is 4.79 Å². The summed E-state index contributed by atoms with van der Waals surface area (Å²) in [5.41, 5.74) is 0.603. The van der Waals surface area contributed by atoms with Crippen LogP contribution in [0.4, 0.5) is 0 Å². The highest BCUT2D eigenvalue weighted by molar-refractivity contribution is 5.60. The van der Waals surface area contributed by atoms with Crippen LogP contribution in [0.2, 0.25) is 0 Å². The van der Waals surface area contributed by atoms with Gasteiger partial charge < -0.3 is 13.9 Å². The first-order chi connectivity index (χ1) is 6.27. The van der Waals surface area contributed by atoms with E-state index in [9.17, 15) is 4.79 Å². The molecule has 0 aliphatic carbocycles. The van der Waals surface area contributed by atoms with E-state index >= 15 is 0 Å². The average Bonchev–Trinajstić information content (AvgIpc) is 2.47. The van der Waals surface area contributed by atoms with E-state index in [0.717, 1.165) is 0 Å². The molecule has 1 N–H and O–H groups in total. The van der Waals surface area contributed by atoms with Crippen molar-refractivity contribution in [3.05, 3.63) is 40.9 Å². The molecule has 1 aromatic heterocycles. The average molecular weight is 178 g/mol. The van der Waals surface area contributed by atoms with Gasteiger partial charge in [0, 0.05) is 5.56 Å². The molecule has 1 aromatic carbocycles. The lowest BCUT2D eigenvalue weighted by Crippen LogP contribution is -1.85. The van der Waals surface area contributed by atoms with E-state index in [1.165, 1.54) is 0 Å². The Bertz CT molecular complexity index is 452. The topological polar surface area (TPSA) is 63.6 Å². The van der Waals surface area contributed by atoms with Crippen LogP contribution in [0.3, 0.4) is 0 Å². The summed E-state index contributed by atoms with van der Waals surface area (Å²) in [6.45, 7) is 0. The smallest absolute Gasteiger partial charge is 0.478 e. The molecule has 0 saturated heterocycles. The molecule has 66 valence electrons. The third kappa shape index (κ3) is 1.33. The summed E-state index contributed by atoms with van der Waals surface area (Å²) in [5, 5.41) is 9.12. The fourth-order valence-electron chi connectivity index (χ4n) is 1.05. The first-order valence-corrected chi connectivity index (χ1v) is 3.65. The number of aromatic hydroxyl groups is 1. The van der Waals surface area contributed by atoms with Gasteiger partial charge in [-0.1, -0.05) is 30.3 Å². The molecule has 0 bridgehead atoms. The van der Waals surface area contributed by atoms with Gasteiger partial charge in [-0.3, -0.25) is 0 Å². The minimum Gasteiger partial charge on any atom is -0.478 e. The fourth-order valence-corrected chi connectivity index (χ4v) is 1.05. The lowest BCUT2D eigenvalue weighted by molar-refractivity contribution is 0.303. The van der Waals surface area contributed by atoms with Gasteiger partial charge in [0.25, 0.3) is 0 Å². The normalized spacial score (nSPS) is 10.2. The molecule has 2 rings (SSSR count). The minimum atomic E-state index is -0.906. The molecule has 2 aromatic rings. The van der Waals surface area contributed by atoms with Gasteiger partial charge in [-0.05, 0) is 0 Å². The number of hydrogen-bond acceptors (Lipinski definition) is 4. The van der Waals surface area contributed by atoms with Crippen molar-refractivity contribution in [1.29, 1.82) is 0 Å². The van der Waals surface area contributed by atoms with Crippen molar-refractivity contribution in [2.45, 2.75) is 0 Å². The molecule has 4 heteroatoms. The van der Waals surface area contributed by atoms with E-state index in [4.69, 9.17) is 5.11 Å². The van der Waals surface area contributed by atoms with Gasteiger partial charge >= 0.3 is 11.8 Å². The standard InChI is InChI=1S/C9H6O4/c10-8-7(12-9(11)13-8)6-4-2-1-3-5-6/h1-5,10H. The zero-order valence-electron chi connectivity index (χ0n) is 6.56. The highest BCUT2D eigenvalue weighted by Gasteiger charge is 2.12. The van der Waals surface area contributed by atoms with Crippen molar-refractivity contribution in [3.63, 3.8) is 0 Å². The number of hydrogen-bond donors (Lipinski definition) is 1. The highest BCUT2D eigenvalue weighted by atomic mass is 16.6. The van der Waals surface area contributed by atoms with Crippen LogP contribution in [0.5, 0.6) is 5.95 Å². The van der Waals surface area contributed by atoms with E-state index in [1.807, 2.05) is 6.07 Å². The molecule has 0 aliphatic rings. The van der Waals surface area contributed by atoms with E-state index in [2.05, 4.69) is 8.83 Å². The SMILES string of the molecule is O=c1oc(O)c(-c2ccccc2)o1. The first kappa shape index (κ1) is 7.67. The predicted octanol–water partition coefficient (Wildman–Crippen LogP) is 1.61. The van der Waals surface area contributed by atoms with Gasteiger partial charge in [0.05, 0.1) is 0 Å². The molecule has 13 heavy (non-hydrogen) atoms. The van der Waals surface area contributed by atoms with Gasteiger partial charge in [0.2, 0.25) is 5.76 Å². The molecule has 0 spiro atoms. The summed E-state index contributed by atoms with van der Waals surface area (Å²) in [4.78, 5) is 10.6. The minimum absolute atomic E-state index is 0.0607. The molecule has 4 nitrogen and oxygen atoms in total. The van der Waals surface area contributed by atoms with Crippen LogP contribution in [0.25, 0.3) is 11.3 Å². The van der Waals surface area contributed by atoms with E-state index in [1.54, 1.807) is 24.3 Å². The number of benzene rings is 1. The second-order valence-corrected chi connectivity index (χ2v) is 2.45. The van der Waals surface area contributed by atoms with Crippen molar-refractivity contribution < 1.29 is 13.9 Å². The van der Waals surface area contributed by atoms with Crippen LogP contribution in [0.15, 0.2) is 44.0 Å². The summed E-state index contributed by atoms with van der Waals surface area (Å²) < 4.78 is 8.93. The predicted molar refractivity (Wildman–Crippen MR) is 44.3 cm³/mol. The van der Waals surface area contributed by atoms with Crippen molar-refractivity contribution in [2.75, 3.05) is 0 Å². The first-order valence-electron chi connectivity index (χ1n) is 3.65. The maximum Gasteiger partial charge on any atom is 0.522 e. The molecule has 1 heterocycles. The molecule has 0 atom stereocenters. The summed E-state index contributed by atoms with van der Waals surface area (Å²) in [7, 11) is 0. The summed E-state index contributed by atoms with van der Waals surface area (Å²) in [6.07, 6.45) is 0. The van der Waals surface area contributed by atoms with Crippen LogP contribution in [0.1, 0.15) is 0 Å². The number of rotatable bonds is 1. The van der Waals surface area contributed by atoms with Crippen LogP contribution < -0.4 is 5.82 Å². The Morgan fingerprint density at radius 3 is 2.31 bits per heavy atom. The van der Waals surface area contributed by atoms with Crippen LogP contribution in [-0.2, 0) is 0 Å². The van der Waals surface area contributed by atoms with Gasteiger partial charge in [-0.2, -0.15) is 0 Å². The monoisotopic (exact) mass is 178 g/mol. The molecular formula is C9H6O4. The van der Waals surface area contributed by atoms with Crippen molar-refractivity contribution >= 4 is 0 Å². The van der Waals surface area contributed by atoms with Gasteiger partial charge in [0.15, 0.2) is 0 Å². The molecular weight excluding hydrogens is 172 g/mol. The quantitative estimate of drug-likeness (QED) is 0.720. The zero-order valence-corrected chi connectivity index (χ0v) is 6.56. The second kappa shape index (κ2) is 2.82. The second-order valence-electron chi connectivity index (χ2n) is 2.45. The van der Waals surface area contributed by atoms with Crippen molar-refractivity contribution in [3.8, 4) is 17.3 Å². The van der Waals surface area contributed by atoms with E-state index < -0.39 is 11.8 Å². The Morgan fingerprint density at radius 1 is 1.08 bits per heavy atom. The fraction of sp³-hybridized carbons (Fsp3) is 0. The van der Waals surface area contributed by atoms with Crippen LogP contribution in [-0.4, -0.2) is 5.11 Å². The molecule has 0 saturated carbocycles. The Morgan fingerprint density at radius 2 is 1.77 bits per heavy atom. The Kier molecular flexibility index (Phi) is 1.66. The summed E-state index contributed by atoms with van der Waals surface area (Å²) >= 11 is 0. The maximum absolute atomic E-state index is 10.6. The molecule has 0 radical (unpaired) electrons. The van der Waals surface area contributed by atoms with Gasteiger partial charge in [0.1, 0.15) is 0 Å². The van der Waals surface area contributed by atoms with Crippen LogP contribution in [0, 0.1) is 0 Å². The molecule has 0 amide bonds. The Balaban J connectivity index is 2.59. The van der Waals surface area contributed by atoms with Crippen molar-refractivity contribution in [2.24, 2.45) is 0 Å². The molecule has 0 unspecified atom stereocenters. The zero-order chi connectivity index (χ0) is 9.26. The van der Waals surface area contributed by atoms with Gasteiger partial charge in [-0.15, -0.1) is 0 Å². The maximum atomic E-state index is 10.6. The highest BCUT2D eigenvalue weighted by Crippen LogP contribution is 2.26. The molecule has 0 aliphatic heterocycles. The summed E-state index contributed by atoms with van der Waals surface area (Å²) in [5.74, 6) is -1.34. The lowest BCUT2D eigenvalue weighted by atomic mass is 10.2. The third-order valence-electron chi connectivity index (χ3n) is 1.60. The van der Waals surface area contributed by atoms with E-state index in [-0.39, 0.29) is 5.76 Å². The lowest BCUT2D eigenvalue weighted by Gasteiger charge is -1.92. The third-order valence-corrected chi connectivity index (χ3v) is 1.60. The van der Waals surface area contributed by atoms with Crippen molar-refractivity contribution in [1.82, 2.24) is 0 Å². The molecule has 0 fully saturated rings. The van der Waals surface area contributed by atoms with Crippen LogP contribution >= 0.6 is 0 Å².